The summed E-state index contributed by atoms with van der Waals surface area (Å²) in [5, 5.41) is 2.76. The fraction of sp³-hybridized carbons (Fsp3) is 0.391. The van der Waals surface area contributed by atoms with Crippen LogP contribution in [-0.4, -0.2) is 51.4 Å². The van der Waals surface area contributed by atoms with E-state index in [4.69, 9.17) is 9.47 Å². The van der Waals surface area contributed by atoms with Crippen molar-refractivity contribution in [2.24, 2.45) is 5.92 Å². The quantitative estimate of drug-likeness (QED) is 0.637. The maximum absolute atomic E-state index is 13.2. The van der Waals surface area contributed by atoms with Crippen molar-refractivity contribution < 1.29 is 27.5 Å². The number of rotatable bonds is 7. The second kappa shape index (κ2) is 10.1. The number of amides is 1. The van der Waals surface area contributed by atoms with Gasteiger partial charge in [-0.2, -0.15) is 4.31 Å². The Morgan fingerprint density at radius 3 is 2.62 bits per heavy atom. The minimum atomic E-state index is -3.76. The minimum absolute atomic E-state index is 0.0703. The van der Waals surface area contributed by atoms with Gasteiger partial charge in [0.1, 0.15) is 5.75 Å². The van der Waals surface area contributed by atoms with Crippen LogP contribution in [0, 0.1) is 12.8 Å². The number of carbonyl (C=O) groups is 2. The molecule has 1 fully saturated rings. The first-order valence-corrected chi connectivity index (χ1v) is 11.9. The Morgan fingerprint density at radius 1 is 1.19 bits per heavy atom. The molecule has 9 heteroatoms. The zero-order valence-electron chi connectivity index (χ0n) is 18.5. The average Bonchev–Trinajstić information content (AvgIpc) is 2.80. The third-order valence-corrected chi connectivity index (χ3v) is 7.29. The van der Waals surface area contributed by atoms with Crippen LogP contribution in [0.25, 0.3) is 0 Å². The SMILES string of the molecule is CCOc1ccc(S(=O)(=O)N2CCC[C@H](C(=O)Nc3ccccc3C(=O)OC)C2)cc1C. The smallest absolute Gasteiger partial charge is 0.339 e. The molecule has 32 heavy (non-hydrogen) atoms. The number of aryl methyl sites for hydroxylation is 1. The van der Waals surface area contributed by atoms with Gasteiger partial charge >= 0.3 is 5.97 Å². The van der Waals surface area contributed by atoms with Crippen molar-refractivity contribution in [2.75, 3.05) is 32.1 Å². The summed E-state index contributed by atoms with van der Waals surface area (Å²) in [7, 11) is -2.49. The van der Waals surface area contributed by atoms with Crippen molar-refractivity contribution in [1.82, 2.24) is 4.31 Å². The number of ether oxygens (including phenoxy) is 2. The number of para-hydroxylation sites is 1. The molecule has 1 N–H and O–H groups in total. The van der Waals surface area contributed by atoms with E-state index in [1.54, 1.807) is 43.3 Å². The summed E-state index contributed by atoms with van der Waals surface area (Å²) in [5.41, 5.74) is 1.32. The van der Waals surface area contributed by atoms with E-state index in [9.17, 15) is 18.0 Å². The summed E-state index contributed by atoms with van der Waals surface area (Å²) >= 11 is 0. The van der Waals surface area contributed by atoms with E-state index < -0.39 is 21.9 Å². The highest BCUT2D eigenvalue weighted by Crippen LogP contribution is 2.28. The van der Waals surface area contributed by atoms with Crippen molar-refractivity contribution in [3.8, 4) is 5.75 Å². The van der Waals surface area contributed by atoms with Gasteiger partial charge < -0.3 is 14.8 Å². The van der Waals surface area contributed by atoms with E-state index >= 15 is 0 Å². The molecule has 1 aliphatic heterocycles. The second-order valence-corrected chi connectivity index (χ2v) is 9.53. The number of esters is 1. The van der Waals surface area contributed by atoms with Gasteiger partial charge in [-0.05, 0) is 62.6 Å². The molecule has 0 aliphatic carbocycles. The van der Waals surface area contributed by atoms with Crippen LogP contribution >= 0.6 is 0 Å². The Kier molecular flexibility index (Phi) is 7.52. The number of methoxy groups -OCH3 is 1. The number of sulfonamides is 1. The predicted octanol–water partition coefficient (Wildman–Crippen LogP) is 3.22. The second-order valence-electron chi connectivity index (χ2n) is 7.59. The van der Waals surface area contributed by atoms with E-state index in [1.807, 2.05) is 6.92 Å². The number of nitrogens with zero attached hydrogens (tertiary/aromatic N) is 1. The molecule has 0 unspecified atom stereocenters. The first-order chi connectivity index (χ1) is 15.3. The lowest BCUT2D eigenvalue weighted by molar-refractivity contribution is -0.120. The molecule has 2 aromatic carbocycles. The van der Waals surface area contributed by atoms with Crippen LogP contribution in [-0.2, 0) is 19.6 Å². The third kappa shape index (κ3) is 5.11. The Labute approximate surface area is 188 Å². The number of anilines is 1. The average molecular weight is 461 g/mol. The van der Waals surface area contributed by atoms with Crippen LogP contribution < -0.4 is 10.1 Å². The normalized spacial score (nSPS) is 16.9. The molecule has 1 amide bonds. The predicted molar refractivity (Wildman–Crippen MR) is 120 cm³/mol. The van der Waals surface area contributed by atoms with Crippen molar-refractivity contribution in [3.63, 3.8) is 0 Å². The highest BCUT2D eigenvalue weighted by atomic mass is 32.2. The zero-order valence-corrected chi connectivity index (χ0v) is 19.3. The lowest BCUT2D eigenvalue weighted by Crippen LogP contribution is -2.43. The van der Waals surface area contributed by atoms with Crippen molar-refractivity contribution in [3.05, 3.63) is 53.6 Å². The number of hydrogen-bond acceptors (Lipinski definition) is 6. The summed E-state index contributed by atoms with van der Waals surface area (Å²) < 4.78 is 38.0. The van der Waals surface area contributed by atoms with E-state index in [1.165, 1.54) is 17.5 Å². The fourth-order valence-corrected chi connectivity index (χ4v) is 5.35. The molecule has 2 aromatic rings. The van der Waals surface area contributed by atoms with E-state index in [0.29, 0.717) is 37.4 Å². The molecule has 1 heterocycles. The van der Waals surface area contributed by atoms with E-state index in [2.05, 4.69) is 5.32 Å². The van der Waals surface area contributed by atoms with Gasteiger partial charge in [0.2, 0.25) is 15.9 Å². The fourth-order valence-electron chi connectivity index (χ4n) is 3.74. The van der Waals surface area contributed by atoms with Gasteiger partial charge in [-0.15, -0.1) is 0 Å². The Balaban J connectivity index is 1.76. The highest BCUT2D eigenvalue weighted by molar-refractivity contribution is 7.89. The molecule has 0 saturated carbocycles. The van der Waals surface area contributed by atoms with E-state index in [-0.39, 0.29) is 22.9 Å². The molecule has 1 atom stereocenters. The number of piperidine rings is 1. The van der Waals surface area contributed by atoms with Gasteiger partial charge in [-0.3, -0.25) is 4.79 Å². The number of carbonyl (C=O) groups excluding carboxylic acids is 2. The molecule has 172 valence electrons. The van der Waals surface area contributed by atoms with Crippen molar-refractivity contribution >= 4 is 27.6 Å². The first-order valence-electron chi connectivity index (χ1n) is 10.5. The van der Waals surface area contributed by atoms with Crippen LogP contribution in [0.3, 0.4) is 0 Å². The lowest BCUT2D eigenvalue weighted by Gasteiger charge is -2.31. The van der Waals surface area contributed by atoms with Crippen LogP contribution in [0.1, 0.15) is 35.7 Å². The molecule has 0 aromatic heterocycles. The summed E-state index contributed by atoms with van der Waals surface area (Å²) in [5.74, 6) is -0.775. The maximum Gasteiger partial charge on any atom is 0.339 e. The number of benzene rings is 2. The summed E-state index contributed by atoms with van der Waals surface area (Å²) in [6.45, 7) is 4.58. The number of hydrogen-bond donors (Lipinski definition) is 1. The van der Waals surface area contributed by atoms with Crippen LogP contribution in [0.5, 0.6) is 5.75 Å². The van der Waals surface area contributed by atoms with Gasteiger partial charge in [0.15, 0.2) is 0 Å². The minimum Gasteiger partial charge on any atom is -0.494 e. The Morgan fingerprint density at radius 2 is 1.94 bits per heavy atom. The van der Waals surface area contributed by atoms with Gasteiger partial charge in [0.05, 0.1) is 35.8 Å². The first kappa shape index (κ1) is 23.7. The molecule has 0 radical (unpaired) electrons. The van der Waals surface area contributed by atoms with Crippen molar-refractivity contribution in [1.29, 1.82) is 0 Å². The lowest BCUT2D eigenvalue weighted by atomic mass is 9.98. The molecular formula is C23H28N2O6S. The summed E-state index contributed by atoms with van der Waals surface area (Å²) in [4.78, 5) is 25.0. The van der Waals surface area contributed by atoms with Gasteiger partial charge in [-0.25, -0.2) is 13.2 Å². The van der Waals surface area contributed by atoms with Gasteiger partial charge in [0, 0.05) is 13.1 Å². The van der Waals surface area contributed by atoms with Crippen LogP contribution in [0.2, 0.25) is 0 Å². The molecule has 1 aliphatic rings. The van der Waals surface area contributed by atoms with E-state index in [0.717, 1.165) is 5.56 Å². The van der Waals surface area contributed by atoms with Gasteiger partial charge in [0.25, 0.3) is 0 Å². The molecule has 8 nitrogen and oxygen atoms in total. The zero-order chi connectivity index (χ0) is 23.3. The standard InChI is InChI=1S/C23H28N2O6S/c1-4-31-21-12-11-18(14-16(21)2)32(28,29)25-13-7-8-17(15-25)22(26)24-20-10-6-5-9-19(20)23(27)30-3/h5-6,9-12,14,17H,4,7-8,13,15H2,1-3H3,(H,24,26)/t17-/m0/s1. The molecule has 0 spiro atoms. The molecular weight excluding hydrogens is 432 g/mol. The van der Waals surface area contributed by atoms with Gasteiger partial charge in [-0.1, -0.05) is 12.1 Å². The van der Waals surface area contributed by atoms with Crippen LogP contribution in [0.15, 0.2) is 47.4 Å². The summed E-state index contributed by atoms with van der Waals surface area (Å²) in [6.07, 6.45) is 1.12. The Bertz CT molecular complexity index is 1100. The molecule has 3 rings (SSSR count). The highest BCUT2D eigenvalue weighted by Gasteiger charge is 2.34. The monoisotopic (exact) mass is 460 g/mol. The molecule has 0 bridgehead atoms. The maximum atomic E-state index is 13.2. The third-order valence-electron chi connectivity index (χ3n) is 5.43. The topological polar surface area (TPSA) is 102 Å². The van der Waals surface area contributed by atoms with Crippen LogP contribution in [0.4, 0.5) is 5.69 Å². The summed E-state index contributed by atoms with van der Waals surface area (Å²) in [6, 6.07) is 11.3. The largest absolute Gasteiger partial charge is 0.494 e. The molecule has 1 saturated heterocycles. The van der Waals surface area contributed by atoms with Crippen molar-refractivity contribution in [2.45, 2.75) is 31.6 Å². The number of nitrogens with one attached hydrogen (secondary N) is 1. The Hall–Kier alpha value is -2.91.